The normalized spacial score (nSPS) is 12.5. The van der Waals surface area contributed by atoms with Crippen LogP contribution >= 0.6 is 11.6 Å². The van der Waals surface area contributed by atoms with Gasteiger partial charge in [0.05, 0.1) is 16.9 Å². The van der Waals surface area contributed by atoms with Crippen LogP contribution in [-0.2, 0) is 22.4 Å². The van der Waals surface area contributed by atoms with E-state index >= 15 is 0 Å². The Balaban J connectivity index is 1.41. The summed E-state index contributed by atoms with van der Waals surface area (Å²) in [5, 5.41) is 7.20. The Morgan fingerprint density at radius 2 is 2.00 bits per heavy atom. The number of nitrogens with zero attached hydrogens (tertiary/aromatic N) is 3. The summed E-state index contributed by atoms with van der Waals surface area (Å²) in [5.41, 5.74) is 3.95. The van der Waals surface area contributed by atoms with Gasteiger partial charge in [-0.1, -0.05) is 17.7 Å². The van der Waals surface area contributed by atoms with Crippen LogP contribution in [0.25, 0.3) is 5.69 Å². The van der Waals surface area contributed by atoms with E-state index in [0.717, 1.165) is 19.3 Å². The molecule has 0 radical (unpaired) electrons. The minimum Gasteiger partial charge on any atom is -0.452 e. The van der Waals surface area contributed by atoms with E-state index in [1.54, 1.807) is 24.3 Å². The first-order chi connectivity index (χ1) is 13.6. The minimum atomic E-state index is -0.521. The molecule has 0 spiro atoms. The Bertz CT molecular complexity index is 1030. The molecule has 0 aliphatic heterocycles. The Morgan fingerprint density at radius 1 is 1.14 bits per heavy atom. The highest BCUT2D eigenvalue weighted by Gasteiger charge is 2.16. The zero-order chi connectivity index (χ0) is 19.5. The minimum absolute atomic E-state index is 0.404. The fourth-order valence-corrected chi connectivity index (χ4v) is 3.41. The lowest BCUT2D eigenvalue weighted by atomic mass is 10.1. The second-order valence-electron chi connectivity index (χ2n) is 6.46. The molecular weight excluding hydrogens is 380 g/mol. The Hall–Kier alpha value is -3.19. The number of hydrogen-bond acceptors (Lipinski definition) is 5. The Morgan fingerprint density at radius 3 is 2.82 bits per heavy atom. The van der Waals surface area contributed by atoms with Crippen LogP contribution in [0.15, 0.2) is 49.1 Å². The summed E-state index contributed by atoms with van der Waals surface area (Å²) in [6.45, 7) is -0.404. The number of esters is 1. The first-order valence-corrected chi connectivity index (χ1v) is 9.21. The van der Waals surface area contributed by atoms with Gasteiger partial charge < -0.3 is 10.1 Å². The van der Waals surface area contributed by atoms with Crippen LogP contribution in [0, 0.1) is 0 Å². The predicted molar refractivity (Wildman–Crippen MR) is 104 cm³/mol. The summed E-state index contributed by atoms with van der Waals surface area (Å²) >= 11 is 6.03. The third-order valence-corrected chi connectivity index (χ3v) is 4.80. The number of nitrogens with one attached hydrogen (secondary N) is 1. The number of halogens is 1. The van der Waals surface area contributed by atoms with Gasteiger partial charge in [0, 0.05) is 5.02 Å². The van der Waals surface area contributed by atoms with Gasteiger partial charge in [-0.15, -0.1) is 0 Å². The van der Waals surface area contributed by atoms with Crippen molar-refractivity contribution in [2.24, 2.45) is 0 Å². The Kier molecular flexibility index (Phi) is 5.08. The van der Waals surface area contributed by atoms with Crippen molar-refractivity contribution in [3.05, 3.63) is 70.8 Å². The Labute approximate surface area is 166 Å². The third-order valence-electron chi connectivity index (χ3n) is 4.57. The van der Waals surface area contributed by atoms with Gasteiger partial charge in [0.2, 0.25) is 0 Å². The summed E-state index contributed by atoms with van der Waals surface area (Å²) in [5.74, 6) is -0.995. The molecule has 0 unspecified atom stereocenters. The van der Waals surface area contributed by atoms with Crippen molar-refractivity contribution in [1.29, 1.82) is 0 Å². The van der Waals surface area contributed by atoms with Crippen LogP contribution in [0.1, 0.15) is 27.9 Å². The van der Waals surface area contributed by atoms with E-state index in [0.29, 0.717) is 22.0 Å². The third kappa shape index (κ3) is 3.89. The molecule has 0 saturated heterocycles. The molecule has 0 fully saturated rings. The standard InChI is InChI=1S/C20H17ClN4O3/c21-16-6-7-18(25-12-22-11-23-25)17(9-16)24-19(26)10-28-20(27)15-5-4-13-2-1-3-14(13)8-15/h4-9,11-12H,1-3,10H2,(H,24,26). The maximum atomic E-state index is 12.3. The van der Waals surface area contributed by atoms with Crippen molar-refractivity contribution < 1.29 is 14.3 Å². The van der Waals surface area contributed by atoms with Gasteiger partial charge in [0.15, 0.2) is 6.61 Å². The second-order valence-corrected chi connectivity index (χ2v) is 6.90. The monoisotopic (exact) mass is 396 g/mol. The lowest BCUT2D eigenvalue weighted by molar-refractivity contribution is -0.119. The summed E-state index contributed by atoms with van der Waals surface area (Å²) in [6, 6.07) is 10.5. The summed E-state index contributed by atoms with van der Waals surface area (Å²) in [6.07, 6.45) is 6.01. The van der Waals surface area contributed by atoms with Crippen molar-refractivity contribution in [1.82, 2.24) is 14.8 Å². The molecule has 1 aromatic heterocycles. The highest BCUT2D eigenvalue weighted by atomic mass is 35.5. The van der Waals surface area contributed by atoms with Gasteiger partial charge in [-0.25, -0.2) is 14.5 Å². The molecule has 1 N–H and O–H groups in total. The van der Waals surface area contributed by atoms with Crippen molar-refractivity contribution in [2.45, 2.75) is 19.3 Å². The number of benzene rings is 2. The molecule has 1 aliphatic rings. The lowest BCUT2D eigenvalue weighted by Gasteiger charge is -2.12. The molecule has 0 saturated carbocycles. The zero-order valence-electron chi connectivity index (χ0n) is 14.9. The fraction of sp³-hybridized carbons (Fsp3) is 0.200. The first-order valence-electron chi connectivity index (χ1n) is 8.83. The van der Waals surface area contributed by atoms with Crippen molar-refractivity contribution in [2.75, 3.05) is 11.9 Å². The molecule has 2 aromatic carbocycles. The first kappa shape index (κ1) is 18.2. The van der Waals surface area contributed by atoms with E-state index in [1.165, 1.54) is 28.5 Å². The van der Waals surface area contributed by atoms with E-state index in [9.17, 15) is 9.59 Å². The van der Waals surface area contributed by atoms with Gasteiger partial charge in [-0.2, -0.15) is 5.10 Å². The molecule has 8 heteroatoms. The van der Waals surface area contributed by atoms with Crippen LogP contribution in [0.3, 0.4) is 0 Å². The molecule has 0 bridgehead atoms. The van der Waals surface area contributed by atoms with Crippen LogP contribution < -0.4 is 5.32 Å². The quantitative estimate of drug-likeness (QED) is 0.669. The highest BCUT2D eigenvalue weighted by Crippen LogP contribution is 2.24. The molecule has 1 aliphatic carbocycles. The number of ether oxygens (including phenoxy) is 1. The van der Waals surface area contributed by atoms with Crippen LogP contribution in [-0.4, -0.2) is 33.2 Å². The van der Waals surface area contributed by atoms with Crippen molar-refractivity contribution >= 4 is 29.2 Å². The van der Waals surface area contributed by atoms with Crippen LogP contribution in [0.2, 0.25) is 5.02 Å². The van der Waals surface area contributed by atoms with E-state index in [2.05, 4.69) is 15.4 Å². The summed E-state index contributed by atoms with van der Waals surface area (Å²) in [7, 11) is 0. The number of carbonyl (C=O) groups excluding carboxylic acids is 2. The molecule has 142 valence electrons. The molecule has 1 amide bonds. The number of carbonyl (C=O) groups is 2. The second kappa shape index (κ2) is 7.82. The summed E-state index contributed by atoms with van der Waals surface area (Å²) in [4.78, 5) is 28.5. The average Bonchev–Trinajstić information content (AvgIpc) is 3.37. The molecule has 1 heterocycles. The van der Waals surface area contributed by atoms with E-state index < -0.39 is 18.5 Å². The molecule has 3 aromatic rings. The van der Waals surface area contributed by atoms with Gasteiger partial charge >= 0.3 is 5.97 Å². The van der Waals surface area contributed by atoms with Crippen LogP contribution in [0.4, 0.5) is 5.69 Å². The van der Waals surface area contributed by atoms with Crippen molar-refractivity contribution in [3.8, 4) is 5.69 Å². The smallest absolute Gasteiger partial charge is 0.338 e. The lowest BCUT2D eigenvalue weighted by Crippen LogP contribution is -2.22. The molecule has 7 nitrogen and oxygen atoms in total. The van der Waals surface area contributed by atoms with Gasteiger partial charge in [-0.05, 0) is 60.7 Å². The van der Waals surface area contributed by atoms with E-state index in [1.807, 2.05) is 12.1 Å². The topological polar surface area (TPSA) is 86.1 Å². The maximum absolute atomic E-state index is 12.3. The molecular formula is C20H17ClN4O3. The number of rotatable bonds is 5. The SMILES string of the molecule is O=C(COC(=O)c1ccc2c(c1)CCC2)Nc1cc(Cl)ccc1-n1cncn1. The number of aryl methyl sites for hydroxylation is 2. The number of fused-ring (bicyclic) bond motifs is 1. The fourth-order valence-electron chi connectivity index (χ4n) is 3.24. The highest BCUT2D eigenvalue weighted by molar-refractivity contribution is 6.31. The van der Waals surface area contributed by atoms with Gasteiger partial charge in [0.1, 0.15) is 12.7 Å². The largest absolute Gasteiger partial charge is 0.452 e. The number of amides is 1. The number of hydrogen-bond donors (Lipinski definition) is 1. The van der Waals surface area contributed by atoms with Crippen LogP contribution in [0.5, 0.6) is 0 Å². The molecule has 4 rings (SSSR count). The predicted octanol–water partition coefficient (Wildman–Crippen LogP) is 3.20. The van der Waals surface area contributed by atoms with Gasteiger partial charge in [0.25, 0.3) is 5.91 Å². The zero-order valence-corrected chi connectivity index (χ0v) is 15.6. The molecule has 0 atom stereocenters. The van der Waals surface area contributed by atoms with E-state index in [-0.39, 0.29) is 0 Å². The van der Waals surface area contributed by atoms with Gasteiger partial charge in [-0.3, -0.25) is 4.79 Å². The average molecular weight is 397 g/mol. The van der Waals surface area contributed by atoms with Crippen molar-refractivity contribution in [3.63, 3.8) is 0 Å². The maximum Gasteiger partial charge on any atom is 0.338 e. The molecule has 28 heavy (non-hydrogen) atoms. The van der Waals surface area contributed by atoms with E-state index in [4.69, 9.17) is 16.3 Å². The number of aromatic nitrogens is 3. The number of anilines is 1. The summed E-state index contributed by atoms with van der Waals surface area (Å²) < 4.78 is 6.67.